The predicted octanol–water partition coefficient (Wildman–Crippen LogP) is 0.160. The molecule has 1 unspecified atom stereocenters. The van der Waals surface area contributed by atoms with Crippen molar-refractivity contribution in [2.24, 2.45) is 0 Å². The quantitative estimate of drug-likeness (QED) is 0.614. The number of nitrogens with one attached hydrogen (secondary N) is 2. The molecule has 108 valence electrons. The Hall–Kier alpha value is -1.79. The van der Waals surface area contributed by atoms with Crippen LogP contribution in [0.4, 0.5) is 4.79 Å². The normalized spacial score (nSPS) is 15.5. The molecule has 1 fully saturated rings. The van der Waals surface area contributed by atoms with Crippen LogP contribution in [0.2, 0.25) is 0 Å². The number of hydrogen-bond donors (Lipinski definition) is 3. The maximum absolute atomic E-state index is 11.9. The van der Waals surface area contributed by atoms with Gasteiger partial charge in [-0.2, -0.15) is 0 Å². The summed E-state index contributed by atoms with van der Waals surface area (Å²) >= 11 is 0. The molecule has 7 nitrogen and oxygen atoms in total. The summed E-state index contributed by atoms with van der Waals surface area (Å²) in [7, 11) is 0. The predicted molar refractivity (Wildman–Crippen MR) is 68.7 cm³/mol. The van der Waals surface area contributed by atoms with Crippen molar-refractivity contribution < 1.29 is 19.5 Å². The fraction of sp³-hybridized carbons (Fsp3) is 0.750. The van der Waals surface area contributed by atoms with Gasteiger partial charge in [0, 0.05) is 12.6 Å². The maximum Gasteiger partial charge on any atom is 0.323 e. The molecule has 1 aliphatic carbocycles. The molecular weight excluding hydrogens is 250 g/mol. The van der Waals surface area contributed by atoms with E-state index in [0.717, 1.165) is 19.3 Å². The minimum absolute atomic E-state index is 0.0120. The lowest BCUT2D eigenvalue weighted by Gasteiger charge is -2.23. The Morgan fingerprint density at radius 3 is 2.47 bits per heavy atom. The molecule has 3 amide bonds. The number of aliphatic carboxylic acids is 1. The average molecular weight is 271 g/mol. The molecule has 7 heteroatoms. The van der Waals surface area contributed by atoms with E-state index in [1.54, 1.807) is 6.92 Å². The van der Waals surface area contributed by atoms with E-state index in [9.17, 15) is 14.4 Å². The lowest BCUT2D eigenvalue weighted by molar-refractivity contribution is -0.137. The lowest BCUT2D eigenvalue weighted by Crippen LogP contribution is -2.51. The highest BCUT2D eigenvalue weighted by Crippen LogP contribution is 2.26. The zero-order chi connectivity index (χ0) is 14.4. The number of carbonyl (C=O) groups is 3. The molecule has 0 aromatic heterocycles. The summed E-state index contributed by atoms with van der Waals surface area (Å²) in [4.78, 5) is 35.5. The monoisotopic (exact) mass is 271 g/mol. The largest absolute Gasteiger partial charge is 0.480 e. The SMILES string of the molecule is CCCNC(=O)C(C)NC(=O)N(CC(=O)O)C1CC1. The van der Waals surface area contributed by atoms with E-state index in [4.69, 9.17) is 5.11 Å². The van der Waals surface area contributed by atoms with Crippen molar-refractivity contribution in [3.63, 3.8) is 0 Å². The molecule has 0 bridgehead atoms. The van der Waals surface area contributed by atoms with Crippen LogP contribution in [0.25, 0.3) is 0 Å². The fourth-order valence-electron chi connectivity index (χ4n) is 1.63. The highest BCUT2D eigenvalue weighted by molar-refractivity contribution is 5.88. The first-order valence-corrected chi connectivity index (χ1v) is 6.52. The van der Waals surface area contributed by atoms with Gasteiger partial charge in [-0.1, -0.05) is 6.92 Å². The van der Waals surface area contributed by atoms with E-state index < -0.39 is 18.0 Å². The smallest absolute Gasteiger partial charge is 0.323 e. The standard InChI is InChI=1S/C12H21N3O4/c1-3-6-13-11(18)8(2)14-12(19)15(7-10(16)17)9-4-5-9/h8-9H,3-7H2,1-2H3,(H,13,18)(H,14,19)(H,16,17). The molecule has 19 heavy (non-hydrogen) atoms. The van der Waals surface area contributed by atoms with E-state index in [0.29, 0.717) is 6.54 Å². The molecule has 1 rings (SSSR count). The first kappa shape index (κ1) is 15.3. The molecule has 1 saturated carbocycles. The van der Waals surface area contributed by atoms with Crippen molar-refractivity contribution in [3.8, 4) is 0 Å². The van der Waals surface area contributed by atoms with Crippen LogP contribution in [0, 0.1) is 0 Å². The summed E-state index contributed by atoms with van der Waals surface area (Å²) in [6.07, 6.45) is 2.45. The number of hydrogen-bond acceptors (Lipinski definition) is 3. The molecule has 0 aliphatic heterocycles. The molecule has 3 N–H and O–H groups in total. The zero-order valence-corrected chi connectivity index (χ0v) is 11.3. The van der Waals surface area contributed by atoms with Crippen molar-refractivity contribution in [1.82, 2.24) is 15.5 Å². The third kappa shape index (κ3) is 5.15. The second-order valence-electron chi connectivity index (χ2n) is 4.72. The number of amides is 3. The molecule has 0 aromatic rings. The summed E-state index contributed by atoms with van der Waals surface area (Å²) in [5.41, 5.74) is 0. The van der Waals surface area contributed by atoms with Crippen molar-refractivity contribution in [3.05, 3.63) is 0 Å². The van der Waals surface area contributed by atoms with Crippen LogP contribution in [-0.4, -0.2) is 53.1 Å². The maximum atomic E-state index is 11.9. The summed E-state index contributed by atoms with van der Waals surface area (Å²) in [6, 6.07) is -1.18. The van der Waals surface area contributed by atoms with E-state index in [1.165, 1.54) is 4.90 Å². The Bertz CT molecular complexity index is 355. The van der Waals surface area contributed by atoms with Gasteiger partial charge in [-0.15, -0.1) is 0 Å². The van der Waals surface area contributed by atoms with Crippen molar-refractivity contribution >= 4 is 17.9 Å². The summed E-state index contributed by atoms with van der Waals surface area (Å²) in [6.45, 7) is 3.74. The van der Waals surface area contributed by atoms with Gasteiger partial charge in [0.25, 0.3) is 0 Å². The Balaban J connectivity index is 2.46. The second-order valence-corrected chi connectivity index (χ2v) is 4.72. The Kier molecular flexibility index (Phi) is 5.59. The summed E-state index contributed by atoms with van der Waals surface area (Å²) < 4.78 is 0. The van der Waals surface area contributed by atoms with Crippen LogP contribution in [0.15, 0.2) is 0 Å². The van der Waals surface area contributed by atoms with Crippen LogP contribution in [0.1, 0.15) is 33.1 Å². The van der Waals surface area contributed by atoms with Gasteiger partial charge in [0.1, 0.15) is 12.6 Å². The van der Waals surface area contributed by atoms with E-state index in [-0.39, 0.29) is 18.5 Å². The first-order valence-electron chi connectivity index (χ1n) is 6.52. The summed E-state index contributed by atoms with van der Waals surface area (Å²) in [5, 5.41) is 14.0. The summed E-state index contributed by atoms with van der Waals surface area (Å²) in [5.74, 6) is -1.31. The minimum atomic E-state index is -1.05. The third-order valence-electron chi connectivity index (χ3n) is 2.84. The number of carboxylic acids is 1. The van der Waals surface area contributed by atoms with Crippen LogP contribution in [0.3, 0.4) is 0 Å². The van der Waals surface area contributed by atoms with Gasteiger partial charge in [-0.25, -0.2) is 4.79 Å². The van der Waals surface area contributed by atoms with Crippen LogP contribution < -0.4 is 10.6 Å². The van der Waals surface area contributed by atoms with Crippen LogP contribution in [-0.2, 0) is 9.59 Å². The lowest BCUT2D eigenvalue weighted by atomic mass is 10.3. The Labute approximate surface area is 112 Å². The van der Waals surface area contributed by atoms with Crippen molar-refractivity contribution in [1.29, 1.82) is 0 Å². The molecule has 0 heterocycles. The number of rotatable bonds is 7. The third-order valence-corrected chi connectivity index (χ3v) is 2.84. The molecular formula is C12H21N3O4. The van der Waals surface area contributed by atoms with Gasteiger partial charge in [-0.3, -0.25) is 9.59 Å². The fourth-order valence-corrected chi connectivity index (χ4v) is 1.63. The van der Waals surface area contributed by atoms with E-state index in [1.807, 2.05) is 6.92 Å². The van der Waals surface area contributed by atoms with E-state index in [2.05, 4.69) is 10.6 Å². The van der Waals surface area contributed by atoms with Gasteiger partial charge < -0.3 is 20.6 Å². The van der Waals surface area contributed by atoms with Gasteiger partial charge >= 0.3 is 12.0 Å². The topological polar surface area (TPSA) is 98.7 Å². The van der Waals surface area contributed by atoms with Crippen molar-refractivity contribution in [2.75, 3.05) is 13.1 Å². The van der Waals surface area contributed by atoms with Gasteiger partial charge in [0.15, 0.2) is 0 Å². The second kappa shape index (κ2) is 6.96. The molecule has 0 aromatic carbocycles. The first-order chi connectivity index (χ1) is 8.95. The van der Waals surface area contributed by atoms with Crippen LogP contribution in [0.5, 0.6) is 0 Å². The molecule has 0 spiro atoms. The molecule has 1 atom stereocenters. The minimum Gasteiger partial charge on any atom is -0.480 e. The van der Waals surface area contributed by atoms with Gasteiger partial charge in [0.05, 0.1) is 0 Å². The number of urea groups is 1. The Morgan fingerprint density at radius 1 is 1.37 bits per heavy atom. The van der Waals surface area contributed by atoms with Crippen LogP contribution >= 0.6 is 0 Å². The highest BCUT2D eigenvalue weighted by Gasteiger charge is 2.34. The average Bonchev–Trinajstić information content (AvgIpc) is 3.16. The number of nitrogens with zero attached hydrogens (tertiary/aromatic N) is 1. The molecule has 1 aliphatic rings. The highest BCUT2D eigenvalue weighted by atomic mass is 16.4. The number of carbonyl (C=O) groups excluding carboxylic acids is 2. The molecule has 0 saturated heterocycles. The van der Waals surface area contributed by atoms with Gasteiger partial charge in [-0.05, 0) is 26.2 Å². The van der Waals surface area contributed by atoms with Crippen molar-refractivity contribution in [2.45, 2.75) is 45.2 Å². The van der Waals surface area contributed by atoms with E-state index >= 15 is 0 Å². The zero-order valence-electron chi connectivity index (χ0n) is 11.3. The number of carboxylic acid groups (broad SMARTS) is 1. The molecule has 0 radical (unpaired) electrons. The Morgan fingerprint density at radius 2 is 2.00 bits per heavy atom. The van der Waals surface area contributed by atoms with Gasteiger partial charge in [0.2, 0.25) is 5.91 Å².